The topological polar surface area (TPSA) is 95.6 Å². The van der Waals surface area contributed by atoms with E-state index in [9.17, 15) is 19.2 Å². The van der Waals surface area contributed by atoms with Gasteiger partial charge in [-0.15, -0.1) is 0 Å². The average molecular weight is 351 g/mol. The van der Waals surface area contributed by atoms with E-state index in [0.717, 1.165) is 10.5 Å². The van der Waals surface area contributed by atoms with Crippen LogP contribution in [0.25, 0.3) is 0 Å². The van der Waals surface area contributed by atoms with Gasteiger partial charge in [0, 0.05) is 18.5 Å². The Morgan fingerprint density at radius 2 is 1.46 bits per heavy atom. The second kappa shape index (κ2) is 7.18. The van der Waals surface area contributed by atoms with E-state index in [0.29, 0.717) is 16.7 Å². The Balaban J connectivity index is 1.52. The lowest BCUT2D eigenvalue weighted by atomic mass is 10.1. The third kappa shape index (κ3) is 3.32. The maximum Gasteiger partial charge on any atom is 0.269 e. The van der Waals surface area contributed by atoms with Crippen molar-refractivity contribution in [1.29, 1.82) is 0 Å². The zero-order valence-corrected chi connectivity index (χ0v) is 14.1. The summed E-state index contributed by atoms with van der Waals surface area (Å²) in [5.74, 6) is -1.76. The van der Waals surface area contributed by atoms with Gasteiger partial charge in [0.2, 0.25) is 5.91 Å². The number of rotatable bonds is 4. The predicted octanol–water partition coefficient (Wildman–Crippen LogP) is 1.44. The van der Waals surface area contributed by atoms with E-state index >= 15 is 0 Å². The number of hydrogen-bond acceptors (Lipinski definition) is 4. The Labute approximate surface area is 150 Å². The highest BCUT2D eigenvalue weighted by Gasteiger charge is 2.34. The molecule has 0 aliphatic carbocycles. The molecule has 2 aromatic rings. The number of hydrogen-bond donors (Lipinski definition) is 2. The molecule has 0 aromatic heterocycles. The maximum atomic E-state index is 12.2. The molecule has 1 heterocycles. The summed E-state index contributed by atoms with van der Waals surface area (Å²) in [4.78, 5) is 49.4. The molecule has 7 heteroatoms. The summed E-state index contributed by atoms with van der Waals surface area (Å²) >= 11 is 0. The zero-order valence-electron chi connectivity index (χ0n) is 14.1. The van der Waals surface area contributed by atoms with E-state index in [4.69, 9.17) is 0 Å². The number of nitrogens with one attached hydrogen (secondary N) is 2. The summed E-state index contributed by atoms with van der Waals surface area (Å²) in [5, 5.41) is 0. The standard InChI is InChI=1S/C19H17N3O4/c1-12-6-2-3-7-13(12)17(24)21-20-16(23)10-11-22-18(25)14-8-4-5-9-15(14)19(22)26/h2-9H,10-11H2,1H3,(H,20,23)(H,21,24). The lowest BCUT2D eigenvalue weighted by Gasteiger charge is -2.14. The fourth-order valence-electron chi connectivity index (χ4n) is 2.74. The third-order valence-electron chi connectivity index (χ3n) is 4.15. The van der Waals surface area contributed by atoms with Crippen molar-refractivity contribution in [3.05, 3.63) is 70.8 Å². The van der Waals surface area contributed by atoms with Crippen LogP contribution in [0.5, 0.6) is 0 Å². The molecule has 4 amide bonds. The van der Waals surface area contributed by atoms with Gasteiger partial charge in [-0.25, -0.2) is 0 Å². The molecule has 0 unspecified atom stereocenters. The van der Waals surface area contributed by atoms with Crippen molar-refractivity contribution in [2.24, 2.45) is 0 Å². The molecule has 132 valence electrons. The van der Waals surface area contributed by atoms with Crippen LogP contribution in [-0.2, 0) is 4.79 Å². The maximum absolute atomic E-state index is 12.2. The minimum atomic E-state index is -0.497. The van der Waals surface area contributed by atoms with Crippen LogP contribution in [0.3, 0.4) is 0 Å². The van der Waals surface area contributed by atoms with Gasteiger partial charge < -0.3 is 0 Å². The molecule has 0 atom stereocenters. The molecule has 1 aliphatic heterocycles. The van der Waals surface area contributed by atoms with Crippen LogP contribution in [0.15, 0.2) is 48.5 Å². The molecule has 0 saturated carbocycles. The number of fused-ring (bicyclic) bond motifs is 1. The van der Waals surface area contributed by atoms with Gasteiger partial charge in [-0.2, -0.15) is 0 Å². The van der Waals surface area contributed by atoms with Gasteiger partial charge in [-0.3, -0.25) is 34.9 Å². The summed E-state index contributed by atoms with van der Waals surface area (Å²) in [7, 11) is 0. The largest absolute Gasteiger partial charge is 0.274 e. The first-order chi connectivity index (χ1) is 12.5. The predicted molar refractivity (Wildman–Crippen MR) is 93.2 cm³/mol. The first kappa shape index (κ1) is 17.3. The van der Waals surface area contributed by atoms with Crippen molar-refractivity contribution in [2.75, 3.05) is 6.54 Å². The molecule has 2 aromatic carbocycles. The van der Waals surface area contributed by atoms with E-state index < -0.39 is 23.6 Å². The molecule has 0 spiro atoms. The summed E-state index contributed by atoms with van der Waals surface area (Å²) in [5.41, 5.74) is 6.53. The average Bonchev–Trinajstić information content (AvgIpc) is 2.89. The van der Waals surface area contributed by atoms with E-state index in [-0.39, 0.29) is 13.0 Å². The van der Waals surface area contributed by atoms with Gasteiger partial charge in [0.25, 0.3) is 17.7 Å². The Bertz CT molecular complexity index is 872. The lowest BCUT2D eigenvalue weighted by Crippen LogP contribution is -2.43. The Morgan fingerprint density at radius 3 is 2.08 bits per heavy atom. The number of carbonyl (C=O) groups is 4. The minimum Gasteiger partial charge on any atom is -0.274 e. The summed E-state index contributed by atoms with van der Waals surface area (Å²) in [6, 6.07) is 13.5. The molecule has 0 saturated heterocycles. The van der Waals surface area contributed by atoms with Crippen LogP contribution in [0.1, 0.15) is 43.1 Å². The quantitative estimate of drug-likeness (QED) is 0.644. The van der Waals surface area contributed by atoms with Gasteiger partial charge >= 0.3 is 0 Å². The highest BCUT2D eigenvalue weighted by Crippen LogP contribution is 2.22. The number of benzene rings is 2. The summed E-state index contributed by atoms with van der Waals surface area (Å²) < 4.78 is 0. The van der Waals surface area contributed by atoms with E-state index in [1.54, 1.807) is 49.4 Å². The van der Waals surface area contributed by atoms with Crippen LogP contribution in [0.4, 0.5) is 0 Å². The molecular formula is C19H17N3O4. The molecule has 0 bridgehead atoms. The monoisotopic (exact) mass is 351 g/mol. The van der Waals surface area contributed by atoms with E-state index in [1.165, 1.54) is 0 Å². The van der Waals surface area contributed by atoms with Crippen LogP contribution in [-0.4, -0.2) is 35.1 Å². The molecule has 3 rings (SSSR count). The summed E-state index contributed by atoms with van der Waals surface area (Å²) in [6.07, 6.45) is -0.112. The van der Waals surface area contributed by atoms with Crippen LogP contribution in [0, 0.1) is 6.92 Å². The van der Waals surface area contributed by atoms with Gasteiger partial charge in [0.1, 0.15) is 0 Å². The highest BCUT2D eigenvalue weighted by molar-refractivity contribution is 6.21. The Morgan fingerprint density at radius 1 is 0.885 bits per heavy atom. The van der Waals surface area contributed by atoms with Crippen molar-refractivity contribution in [1.82, 2.24) is 15.8 Å². The SMILES string of the molecule is Cc1ccccc1C(=O)NNC(=O)CCN1C(=O)c2ccccc2C1=O. The minimum absolute atomic E-state index is 0.0571. The molecule has 0 fully saturated rings. The lowest BCUT2D eigenvalue weighted by molar-refractivity contribution is -0.121. The first-order valence-electron chi connectivity index (χ1n) is 8.09. The third-order valence-corrected chi connectivity index (χ3v) is 4.15. The molecule has 26 heavy (non-hydrogen) atoms. The molecule has 0 radical (unpaired) electrons. The van der Waals surface area contributed by atoms with Crippen molar-refractivity contribution >= 4 is 23.6 Å². The number of carbonyl (C=O) groups excluding carboxylic acids is 4. The highest BCUT2D eigenvalue weighted by atomic mass is 16.2. The van der Waals surface area contributed by atoms with Crippen molar-refractivity contribution in [2.45, 2.75) is 13.3 Å². The van der Waals surface area contributed by atoms with Crippen LogP contribution in [0.2, 0.25) is 0 Å². The molecule has 1 aliphatic rings. The first-order valence-corrected chi connectivity index (χ1v) is 8.09. The smallest absolute Gasteiger partial charge is 0.269 e. The van der Waals surface area contributed by atoms with Gasteiger partial charge in [0.15, 0.2) is 0 Å². The molecule has 2 N–H and O–H groups in total. The molecule has 7 nitrogen and oxygen atoms in total. The van der Waals surface area contributed by atoms with E-state index in [2.05, 4.69) is 10.9 Å². The number of hydrazine groups is 1. The number of imide groups is 1. The number of nitrogens with zero attached hydrogens (tertiary/aromatic N) is 1. The fraction of sp³-hybridized carbons (Fsp3) is 0.158. The van der Waals surface area contributed by atoms with Gasteiger partial charge in [0.05, 0.1) is 11.1 Å². The van der Waals surface area contributed by atoms with Crippen molar-refractivity contribution in [3.8, 4) is 0 Å². The van der Waals surface area contributed by atoms with Crippen molar-refractivity contribution in [3.63, 3.8) is 0 Å². The van der Waals surface area contributed by atoms with E-state index in [1.807, 2.05) is 6.07 Å². The van der Waals surface area contributed by atoms with Gasteiger partial charge in [-0.05, 0) is 30.7 Å². The Hall–Kier alpha value is -3.48. The Kier molecular flexibility index (Phi) is 4.79. The second-order valence-corrected chi connectivity index (χ2v) is 5.87. The second-order valence-electron chi connectivity index (χ2n) is 5.87. The zero-order chi connectivity index (χ0) is 18.7. The fourth-order valence-corrected chi connectivity index (χ4v) is 2.74. The number of aryl methyl sites for hydroxylation is 1. The van der Waals surface area contributed by atoms with Crippen molar-refractivity contribution < 1.29 is 19.2 Å². The summed E-state index contributed by atoms with van der Waals surface area (Å²) in [6.45, 7) is 1.73. The van der Waals surface area contributed by atoms with Crippen LogP contribution >= 0.6 is 0 Å². The van der Waals surface area contributed by atoms with Gasteiger partial charge in [-0.1, -0.05) is 30.3 Å². The normalized spacial score (nSPS) is 12.7. The van der Waals surface area contributed by atoms with Crippen LogP contribution < -0.4 is 10.9 Å². The molecular weight excluding hydrogens is 334 g/mol. The number of amides is 4.